The molecule has 3 amide bonds. The van der Waals surface area contributed by atoms with E-state index in [2.05, 4.69) is 68.2 Å². The maximum Gasteiger partial charge on any atom is 0.282 e. The number of ether oxygens (including phenoxy) is 1. The van der Waals surface area contributed by atoms with E-state index in [1.165, 1.54) is 39.9 Å². The zero-order chi connectivity index (χ0) is 43.3. The number of carbonyl (C=O) groups excluding carboxylic acids is 3. The molecule has 0 unspecified atom stereocenters. The Kier molecular flexibility index (Phi) is 9.66. The Hall–Kier alpha value is -5.36. The maximum atomic E-state index is 13.4. The number of rotatable bonds is 6. The van der Waals surface area contributed by atoms with Gasteiger partial charge in [0.05, 0.1) is 40.2 Å². The maximum absolute atomic E-state index is 13.4. The van der Waals surface area contributed by atoms with Gasteiger partial charge in [0, 0.05) is 41.6 Å². The summed E-state index contributed by atoms with van der Waals surface area (Å²) in [5.41, 5.74) is 9.60. The van der Waals surface area contributed by atoms with Gasteiger partial charge in [-0.05, 0) is 124 Å². The molecule has 1 atom stereocenters. The van der Waals surface area contributed by atoms with Gasteiger partial charge in [0.2, 0.25) is 11.8 Å². The van der Waals surface area contributed by atoms with Crippen molar-refractivity contribution in [3.8, 4) is 11.4 Å². The van der Waals surface area contributed by atoms with Crippen LogP contribution < -0.4 is 15.6 Å². The average Bonchev–Trinajstić information content (AvgIpc) is 3.93. The van der Waals surface area contributed by atoms with E-state index in [0.29, 0.717) is 41.5 Å². The molecule has 0 radical (unpaired) electrons. The lowest BCUT2D eigenvalue weighted by molar-refractivity contribution is -0.136. The number of fused-ring (bicyclic) bond motifs is 11. The Morgan fingerprint density at radius 2 is 1.50 bits per heavy atom. The molecule has 1 aromatic heterocycles. The fourth-order valence-corrected chi connectivity index (χ4v) is 12.9. The van der Waals surface area contributed by atoms with Crippen molar-refractivity contribution in [3.05, 3.63) is 133 Å². The number of likely N-dealkylation sites (tertiary alicyclic amines) is 2. The van der Waals surface area contributed by atoms with Crippen LogP contribution >= 0.6 is 11.6 Å². The van der Waals surface area contributed by atoms with E-state index in [-0.39, 0.29) is 34.6 Å². The quantitative estimate of drug-likeness (QED) is 0.173. The number of halogens is 1. The van der Waals surface area contributed by atoms with Crippen molar-refractivity contribution >= 4 is 40.2 Å². The van der Waals surface area contributed by atoms with Crippen LogP contribution in [0.1, 0.15) is 126 Å². The number of nitrogens with zero attached hydrogens (tertiary/aromatic N) is 5. The molecule has 1 aliphatic carbocycles. The fraction of sp³-hybridized carbons (Fsp3) is 0.442. The molecule has 1 saturated carbocycles. The molecule has 7 aliphatic rings. The molecule has 4 fully saturated rings. The minimum Gasteiger partial charge on any atom is -0.492 e. The number of piperidine rings is 3. The number of hydrogen-bond acceptors (Lipinski definition) is 8. The molecule has 4 aromatic carbocycles. The fourth-order valence-electron chi connectivity index (χ4n) is 12.7. The van der Waals surface area contributed by atoms with Crippen molar-refractivity contribution in [2.45, 2.75) is 113 Å². The molecule has 5 aromatic rings. The summed E-state index contributed by atoms with van der Waals surface area (Å²) in [6, 6.07) is 25.5. The zero-order valence-corrected chi connectivity index (χ0v) is 36.9. The summed E-state index contributed by atoms with van der Waals surface area (Å²) in [5, 5.41) is 3.37. The van der Waals surface area contributed by atoms with Gasteiger partial charge in [-0.15, -0.1) is 0 Å². The molecule has 6 aliphatic heterocycles. The first-order valence-corrected chi connectivity index (χ1v) is 23.9. The van der Waals surface area contributed by atoms with Crippen LogP contribution in [0.3, 0.4) is 0 Å². The van der Waals surface area contributed by atoms with Gasteiger partial charge in [0.15, 0.2) is 0 Å². The van der Waals surface area contributed by atoms with Crippen molar-refractivity contribution in [2.24, 2.45) is 0 Å². The van der Waals surface area contributed by atoms with E-state index in [1.54, 1.807) is 11.0 Å². The van der Waals surface area contributed by atoms with Gasteiger partial charge in [-0.3, -0.25) is 38.9 Å². The highest BCUT2D eigenvalue weighted by Gasteiger charge is 2.49. The van der Waals surface area contributed by atoms with Crippen LogP contribution in [0.15, 0.2) is 77.6 Å². The Morgan fingerprint density at radius 3 is 2.23 bits per heavy atom. The molecule has 7 heterocycles. The predicted molar refractivity (Wildman–Crippen MR) is 244 cm³/mol. The van der Waals surface area contributed by atoms with Crippen LogP contribution in [0, 0.1) is 0 Å². The van der Waals surface area contributed by atoms with E-state index < -0.39 is 11.9 Å². The van der Waals surface area contributed by atoms with Gasteiger partial charge in [-0.1, -0.05) is 79.4 Å². The summed E-state index contributed by atoms with van der Waals surface area (Å²) < 4.78 is 8.69. The van der Waals surface area contributed by atoms with E-state index in [4.69, 9.17) is 21.3 Å². The van der Waals surface area contributed by atoms with Gasteiger partial charge in [-0.2, -0.15) is 4.98 Å². The minimum absolute atomic E-state index is 0.0735. The molecule has 2 spiro atoms. The van der Waals surface area contributed by atoms with Crippen LogP contribution in [0.5, 0.6) is 5.75 Å². The molecule has 12 rings (SSSR count). The summed E-state index contributed by atoms with van der Waals surface area (Å²) in [6.45, 7) is 6.86. The molecule has 12 heteroatoms. The van der Waals surface area contributed by atoms with Crippen LogP contribution in [0.2, 0.25) is 5.02 Å². The first-order valence-electron chi connectivity index (χ1n) is 23.5. The Bertz CT molecular complexity index is 2820. The first kappa shape index (κ1) is 40.2. The minimum atomic E-state index is -0.632. The highest BCUT2D eigenvalue weighted by molar-refractivity contribution is 6.35. The average molecular weight is 877 g/mol. The largest absolute Gasteiger partial charge is 0.492 e. The standard InChI is InChI=1S/C52H53ClN6O5/c53-40-5-4-6-41-45(40)48(62)55-50-52(19-2-1-3-20-52)38-13-11-35(27-43(38)59(41)50)34-17-23-56(24-18-34)28-32-7-9-33(10-8-32)29-57-25-21-51(22-26-57)31-64-46-37-30-58(42-15-16-44(60)54-47(42)61)49(63)36(37)12-14-39(46)51/h4-14,27,34,42H,1-3,15-26,28-31H2,(H,54,60,61)/t42-/m0/s1. The van der Waals surface area contributed by atoms with Gasteiger partial charge < -0.3 is 9.64 Å². The Labute approximate surface area is 377 Å². The lowest BCUT2D eigenvalue weighted by Crippen LogP contribution is -2.52. The van der Waals surface area contributed by atoms with E-state index in [1.807, 2.05) is 18.2 Å². The van der Waals surface area contributed by atoms with Crippen LogP contribution in [0.4, 0.5) is 0 Å². The molecular weight excluding hydrogens is 824 g/mol. The number of carbonyl (C=O) groups is 3. The van der Waals surface area contributed by atoms with Crippen LogP contribution in [-0.2, 0) is 40.1 Å². The monoisotopic (exact) mass is 876 g/mol. The third kappa shape index (κ3) is 6.39. The number of nitrogens with one attached hydrogen (secondary N) is 1. The van der Waals surface area contributed by atoms with Gasteiger partial charge in [0.1, 0.15) is 17.6 Å². The smallest absolute Gasteiger partial charge is 0.282 e. The summed E-state index contributed by atoms with van der Waals surface area (Å²) in [5.74, 6) is 1.38. The molecule has 11 nitrogen and oxygen atoms in total. The highest BCUT2D eigenvalue weighted by Crippen LogP contribution is 2.53. The molecule has 0 bridgehead atoms. The molecular formula is C52H53ClN6O5. The third-order valence-corrected chi connectivity index (χ3v) is 16.5. The summed E-state index contributed by atoms with van der Waals surface area (Å²) in [7, 11) is 0. The first-order chi connectivity index (χ1) is 31.2. The van der Waals surface area contributed by atoms with Gasteiger partial charge >= 0.3 is 0 Å². The van der Waals surface area contributed by atoms with Crippen molar-refractivity contribution < 1.29 is 19.1 Å². The topological polar surface area (TPSA) is 117 Å². The number of aromatic nitrogens is 2. The molecule has 1 N–H and O–H groups in total. The number of benzene rings is 4. The third-order valence-electron chi connectivity index (χ3n) is 16.2. The van der Waals surface area contributed by atoms with Crippen molar-refractivity contribution in [2.75, 3.05) is 32.8 Å². The molecule has 64 heavy (non-hydrogen) atoms. The second kappa shape index (κ2) is 15.4. The normalized spacial score (nSPS) is 22.7. The SMILES string of the molecule is O=C1CC[C@H](N2Cc3c(ccc4c3OCC43CCN(Cc4ccc(CN5CCC(c6ccc7c(c6)-n6c(nc(=O)c8c(Cl)cccc86)C76CCCCC6)CC5)cc4)CC3)C2=O)C(=O)N1. The summed E-state index contributed by atoms with van der Waals surface area (Å²) in [6.07, 6.45) is 10.3. The van der Waals surface area contributed by atoms with Crippen LogP contribution in [0.25, 0.3) is 16.6 Å². The van der Waals surface area contributed by atoms with E-state index in [9.17, 15) is 19.2 Å². The lowest BCUT2D eigenvalue weighted by Gasteiger charge is -2.38. The zero-order valence-electron chi connectivity index (χ0n) is 36.2. The Morgan fingerprint density at radius 1 is 0.781 bits per heavy atom. The molecule has 328 valence electrons. The number of hydrogen-bond donors (Lipinski definition) is 1. The summed E-state index contributed by atoms with van der Waals surface area (Å²) >= 11 is 6.63. The molecule has 3 saturated heterocycles. The van der Waals surface area contributed by atoms with Crippen molar-refractivity contribution in [1.82, 2.24) is 29.6 Å². The van der Waals surface area contributed by atoms with Gasteiger partial charge in [-0.25, -0.2) is 0 Å². The van der Waals surface area contributed by atoms with E-state index >= 15 is 0 Å². The second-order valence-corrected chi connectivity index (χ2v) is 20.1. The lowest BCUT2D eigenvalue weighted by atomic mass is 9.69. The highest BCUT2D eigenvalue weighted by atomic mass is 35.5. The number of amides is 3. The van der Waals surface area contributed by atoms with Crippen LogP contribution in [-0.4, -0.2) is 80.8 Å². The van der Waals surface area contributed by atoms with Crippen molar-refractivity contribution in [3.63, 3.8) is 0 Å². The second-order valence-electron chi connectivity index (χ2n) is 19.7. The summed E-state index contributed by atoms with van der Waals surface area (Å²) in [4.78, 5) is 62.7. The Balaban J connectivity index is 0.670. The van der Waals surface area contributed by atoms with Gasteiger partial charge in [0.25, 0.3) is 11.5 Å². The van der Waals surface area contributed by atoms with E-state index in [0.717, 1.165) is 113 Å². The van der Waals surface area contributed by atoms with Crippen molar-refractivity contribution in [1.29, 1.82) is 0 Å². The number of imide groups is 1. The predicted octanol–water partition coefficient (Wildman–Crippen LogP) is 7.67.